The van der Waals surface area contributed by atoms with Crippen molar-refractivity contribution in [1.29, 1.82) is 0 Å². The van der Waals surface area contributed by atoms with E-state index in [1.165, 1.54) is 0 Å². The topological polar surface area (TPSA) is 122 Å². The second-order valence-corrected chi connectivity index (χ2v) is 10.6. The summed E-state index contributed by atoms with van der Waals surface area (Å²) in [6, 6.07) is 0. The van der Waals surface area contributed by atoms with Gasteiger partial charge in [0.2, 0.25) is 0 Å². The second kappa shape index (κ2) is 10.7. The molecule has 0 radical (unpaired) electrons. The minimum absolute atomic E-state index is 0.0183. The first kappa shape index (κ1) is 26.6. The molecule has 0 aliphatic carbocycles. The maximum atomic E-state index is 13.2. The summed E-state index contributed by atoms with van der Waals surface area (Å²) in [5.74, 6) is -1.03. The molecule has 0 bridgehead atoms. The summed E-state index contributed by atoms with van der Waals surface area (Å²) in [5, 5.41) is 21.6. The largest absolute Gasteiger partial charge is 0.458 e. The number of epoxide rings is 1. The second-order valence-electron chi connectivity index (χ2n) is 10.6. The Hall–Kier alpha value is -2.03. The maximum Gasteiger partial charge on any atom is 0.309 e. The normalized spacial score (nSPS) is 36.0. The molecule has 3 rings (SSSR count). The molecule has 3 heterocycles. The van der Waals surface area contributed by atoms with Crippen molar-refractivity contribution in [2.75, 3.05) is 0 Å². The smallest absolute Gasteiger partial charge is 0.309 e. The number of ether oxygens (including phenoxy) is 2. The van der Waals surface area contributed by atoms with Crippen molar-refractivity contribution in [3.05, 3.63) is 23.4 Å². The fourth-order valence-corrected chi connectivity index (χ4v) is 4.78. The lowest BCUT2D eigenvalue weighted by atomic mass is 9.73. The summed E-state index contributed by atoms with van der Waals surface area (Å²) in [7, 11) is 0. The number of aliphatic hydroxyl groups excluding tert-OH is 2. The highest BCUT2D eigenvalue weighted by atomic mass is 16.6. The van der Waals surface area contributed by atoms with E-state index in [1.54, 1.807) is 34.0 Å². The van der Waals surface area contributed by atoms with E-state index >= 15 is 0 Å². The Balaban J connectivity index is 1.81. The number of esters is 1. The van der Waals surface area contributed by atoms with E-state index in [9.17, 15) is 19.8 Å². The summed E-state index contributed by atoms with van der Waals surface area (Å²) in [6.45, 7) is 10.5. The average molecular weight is 478 g/mol. The molecule has 1 aromatic heterocycles. The van der Waals surface area contributed by atoms with Crippen LogP contribution in [0.4, 0.5) is 0 Å². The van der Waals surface area contributed by atoms with Crippen LogP contribution < -0.4 is 0 Å². The predicted molar refractivity (Wildman–Crippen MR) is 126 cm³/mol. The third-order valence-corrected chi connectivity index (χ3v) is 7.41. The summed E-state index contributed by atoms with van der Waals surface area (Å²) in [6.07, 6.45) is 3.51. The lowest BCUT2D eigenvalue weighted by Gasteiger charge is -2.34. The van der Waals surface area contributed by atoms with Crippen molar-refractivity contribution < 1.29 is 33.7 Å². The highest BCUT2D eigenvalue weighted by Crippen LogP contribution is 2.36. The van der Waals surface area contributed by atoms with Gasteiger partial charge in [-0.3, -0.25) is 9.59 Å². The van der Waals surface area contributed by atoms with Crippen LogP contribution in [0.5, 0.6) is 0 Å². The van der Waals surface area contributed by atoms with Crippen LogP contribution >= 0.6 is 0 Å². The minimum atomic E-state index is -1.24. The fourth-order valence-electron chi connectivity index (χ4n) is 4.78. The average Bonchev–Trinajstić information content (AvgIpc) is 3.38. The van der Waals surface area contributed by atoms with Gasteiger partial charge in [-0.05, 0) is 37.3 Å². The highest BCUT2D eigenvalue weighted by Gasteiger charge is 2.44. The van der Waals surface area contributed by atoms with Crippen molar-refractivity contribution >= 4 is 17.8 Å². The van der Waals surface area contributed by atoms with Gasteiger partial charge in [0.1, 0.15) is 23.8 Å². The molecule has 34 heavy (non-hydrogen) atoms. The lowest BCUT2D eigenvalue weighted by molar-refractivity contribution is -0.154. The molecule has 0 amide bonds. The standard InChI is InChI=1S/C26H39NO7/c1-14-8-7-9-19-21(33-19)11-20(15(2)10-18-13-32-17(4)27-18)34-23(29)12-22(28)26(5,6)25(31)16(3)24(14)30/h10,13-14,16,19-22,24,28,30H,7-9,11-12H2,1-6H3/b15-10+/t14-,16+,19-,20-,21+,22-,24-/m0/s1. The Labute approximate surface area is 201 Å². The third kappa shape index (κ3) is 6.34. The number of aromatic nitrogens is 1. The van der Waals surface area contributed by atoms with E-state index in [0.29, 0.717) is 18.0 Å². The maximum absolute atomic E-state index is 13.2. The number of Topliss-reactive ketones (excluding diaryl/α,β-unsaturated/α-hetero) is 1. The molecule has 8 heteroatoms. The molecule has 2 N–H and O–H groups in total. The van der Waals surface area contributed by atoms with Crippen LogP contribution in [0.2, 0.25) is 0 Å². The summed E-state index contributed by atoms with van der Waals surface area (Å²) >= 11 is 0. The van der Waals surface area contributed by atoms with E-state index < -0.39 is 35.6 Å². The van der Waals surface area contributed by atoms with E-state index in [2.05, 4.69) is 4.98 Å². The number of aliphatic hydroxyl groups is 2. The Bertz CT molecular complexity index is 905. The monoisotopic (exact) mass is 477 g/mol. The van der Waals surface area contributed by atoms with Gasteiger partial charge in [0, 0.05) is 19.3 Å². The summed E-state index contributed by atoms with van der Waals surface area (Å²) in [5.41, 5.74) is 0.228. The van der Waals surface area contributed by atoms with Gasteiger partial charge in [-0.15, -0.1) is 0 Å². The molecule has 190 valence electrons. The van der Waals surface area contributed by atoms with Crippen LogP contribution in [-0.2, 0) is 19.1 Å². The van der Waals surface area contributed by atoms with Gasteiger partial charge >= 0.3 is 5.97 Å². The van der Waals surface area contributed by atoms with Crippen LogP contribution in [0.25, 0.3) is 6.08 Å². The number of oxazole rings is 1. The van der Waals surface area contributed by atoms with E-state index in [4.69, 9.17) is 13.9 Å². The Morgan fingerprint density at radius 3 is 2.53 bits per heavy atom. The van der Waals surface area contributed by atoms with E-state index in [-0.39, 0.29) is 30.3 Å². The number of hydrogen-bond donors (Lipinski definition) is 2. The molecule has 2 saturated heterocycles. The first-order chi connectivity index (χ1) is 15.9. The van der Waals surface area contributed by atoms with E-state index in [0.717, 1.165) is 24.8 Å². The molecule has 2 aliphatic heterocycles. The molecule has 0 saturated carbocycles. The van der Waals surface area contributed by atoms with Gasteiger partial charge in [0.15, 0.2) is 5.89 Å². The van der Waals surface area contributed by atoms with Crippen LogP contribution in [0.3, 0.4) is 0 Å². The number of carbonyl (C=O) groups excluding carboxylic acids is 2. The number of rotatable bonds is 2. The van der Waals surface area contributed by atoms with Crippen molar-refractivity contribution in [3.8, 4) is 0 Å². The first-order valence-corrected chi connectivity index (χ1v) is 12.3. The number of nitrogens with zero attached hydrogens (tertiary/aromatic N) is 1. The van der Waals surface area contributed by atoms with Crippen LogP contribution in [0.1, 0.15) is 78.3 Å². The predicted octanol–water partition coefficient (Wildman–Crippen LogP) is 3.62. The molecule has 0 aromatic carbocycles. The zero-order valence-electron chi connectivity index (χ0n) is 21.1. The number of carbonyl (C=O) groups is 2. The molecule has 7 atom stereocenters. The first-order valence-electron chi connectivity index (χ1n) is 12.3. The molecule has 2 aliphatic rings. The Morgan fingerprint density at radius 1 is 1.18 bits per heavy atom. The third-order valence-electron chi connectivity index (χ3n) is 7.41. The molecular weight excluding hydrogens is 438 g/mol. The van der Waals surface area contributed by atoms with Gasteiger partial charge in [-0.1, -0.05) is 34.1 Å². The van der Waals surface area contributed by atoms with Gasteiger partial charge < -0.3 is 24.1 Å². The lowest BCUT2D eigenvalue weighted by Crippen LogP contribution is -2.45. The van der Waals surface area contributed by atoms with Gasteiger partial charge in [0.25, 0.3) is 0 Å². The van der Waals surface area contributed by atoms with Gasteiger partial charge in [-0.25, -0.2) is 4.98 Å². The summed E-state index contributed by atoms with van der Waals surface area (Å²) in [4.78, 5) is 30.3. The Kier molecular flexibility index (Phi) is 8.37. The SMILES string of the molecule is C/C(=C\c1coc(C)n1)[C@@H]1C[C@H]2O[C@H]2CCC[C@H](C)[C@H](O)[C@@H](C)C(=O)C(C)(C)[C@@H](O)CC(=O)O1. The van der Waals surface area contributed by atoms with Crippen LogP contribution in [0, 0.1) is 24.2 Å². The number of hydrogen-bond acceptors (Lipinski definition) is 8. The zero-order chi connectivity index (χ0) is 25.2. The van der Waals surface area contributed by atoms with E-state index in [1.807, 2.05) is 19.9 Å². The van der Waals surface area contributed by atoms with Crippen molar-refractivity contribution in [2.24, 2.45) is 17.3 Å². The molecular formula is C26H39NO7. The van der Waals surface area contributed by atoms with Gasteiger partial charge in [-0.2, -0.15) is 0 Å². The van der Waals surface area contributed by atoms with Gasteiger partial charge in [0.05, 0.1) is 36.3 Å². The van der Waals surface area contributed by atoms with Crippen molar-refractivity contribution in [2.45, 2.75) is 104 Å². The minimum Gasteiger partial charge on any atom is -0.458 e. The highest BCUT2D eigenvalue weighted by molar-refractivity contribution is 5.88. The zero-order valence-corrected chi connectivity index (χ0v) is 21.1. The van der Waals surface area contributed by atoms with Crippen molar-refractivity contribution in [1.82, 2.24) is 4.98 Å². The number of cyclic esters (lactones) is 1. The van der Waals surface area contributed by atoms with Crippen molar-refractivity contribution in [3.63, 3.8) is 0 Å². The number of ketones is 1. The Morgan fingerprint density at radius 2 is 1.88 bits per heavy atom. The molecule has 0 spiro atoms. The fraction of sp³-hybridized carbons (Fsp3) is 0.731. The molecule has 8 nitrogen and oxygen atoms in total. The van der Waals surface area contributed by atoms with Crippen LogP contribution in [-0.4, -0.2) is 57.5 Å². The molecule has 2 fully saturated rings. The number of aryl methyl sites for hydroxylation is 1. The quantitative estimate of drug-likeness (QED) is 0.489. The summed E-state index contributed by atoms with van der Waals surface area (Å²) < 4.78 is 16.9. The number of fused-ring (bicyclic) bond motifs is 1. The van der Waals surface area contributed by atoms with Crippen LogP contribution in [0.15, 0.2) is 16.3 Å². The molecule has 0 unspecified atom stereocenters. The molecule has 1 aromatic rings.